The minimum atomic E-state index is -0.536. The number of carbonyl (C=O) groups excluding carboxylic acids is 4. The van der Waals surface area contributed by atoms with E-state index < -0.39 is 6.04 Å². The van der Waals surface area contributed by atoms with Crippen LogP contribution in [0.5, 0.6) is 0 Å². The summed E-state index contributed by atoms with van der Waals surface area (Å²) in [5.41, 5.74) is 5.52. The van der Waals surface area contributed by atoms with E-state index in [0.29, 0.717) is 36.9 Å². The predicted molar refractivity (Wildman–Crippen MR) is 173 cm³/mol. The largest absolute Gasteiger partial charge is 0.465 e. The maximum atomic E-state index is 13.1. The molecule has 0 heterocycles. The number of ether oxygens (including phenoxy) is 1. The molecule has 0 aromatic heterocycles. The molecule has 2 unspecified atom stereocenters. The third-order valence-corrected chi connectivity index (χ3v) is 8.48. The molecule has 2 N–H and O–H groups in total. The van der Waals surface area contributed by atoms with Crippen molar-refractivity contribution in [1.82, 2.24) is 5.32 Å². The number of Topliss-reactive ketones (excluding diaryl/α,β-unsaturated/α-hetero) is 1. The molecule has 0 aliphatic heterocycles. The Hall–Kier alpha value is -4.26. The van der Waals surface area contributed by atoms with Crippen molar-refractivity contribution in [2.75, 3.05) is 12.4 Å². The van der Waals surface area contributed by atoms with Gasteiger partial charge in [-0.15, -0.1) is 0 Å². The first-order valence-corrected chi connectivity index (χ1v) is 15.6. The van der Waals surface area contributed by atoms with Gasteiger partial charge in [-0.1, -0.05) is 62.4 Å². The van der Waals surface area contributed by atoms with Crippen molar-refractivity contribution in [2.24, 2.45) is 11.8 Å². The van der Waals surface area contributed by atoms with Crippen molar-refractivity contribution in [3.8, 4) is 0 Å². The van der Waals surface area contributed by atoms with Crippen LogP contribution in [0.4, 0.5) is 5.69 Å². The first kappa shape index (κ1) is 32.6. The second-order valence-corrected chi connectivity index (χ2v) is 12.3. The fourth-order valence-corrected chi connectivity index (χ4v) is 5.87. The summed E-state index contributed by atoms with van der Waals surface area (Å²) in [6, 6.07) is 22.3. The van der Waals surface area contributed by atoms with Gasteiger partial charge in [0, 0.05) is 18.0 Å². The van der Waals surface area contributed by atoms with Crippen LogP contribution >= 0.6 is 0 Å². The summed E-state index contributed by atoms with van der Waals surface area (Å²) in [4.78, 5) is 50.7. The average molecular weight is 597 g/mol. The van der Waals surface area contributed by atoms with Crippen LogP contribution in [0.2, 0.25) is 0 Å². The van der Waals surface area contributed by atoms with Gasteiger partial charge in [-0.05, 0) is 97.4 Å². The quantitative estimate of drug-likeness (QED) is 0.205. The van der Waals surface area contributed by atoms with Gasteiger partial charge < -0.3 is 15.4 Å². The van der Waals surface area contributed by atoms with Gasteiger partial charge in [0.1, 0.15) is 0 Å². The van der Waals surface area contributed by atoms with Crippen molar-refractivity contribution in [1.29, 1.82) is 0 Å². The van der Waals surface area contributed by atoms with Gasteiger partial charge in [0.15, 0.2) is 5.78 Å². The molecule has 3 atom stereocenters. The molecule has 0 radical (unpaired) electrons. The Morgan fingerprint density at radius 3 is 2.18 bits per heavy atom. The maximum absolute atomic E-state index is 13.1. The highest BCUT2D eigenvalue weighted by atomic mass is 16.5. The van der Waals surface area contributed by atoms with Crippen LogP contribution in [-0.2, 0) is 32.0 Å². The number of nitrogens with one attached hydrogen (secondary N) is 2. The number of hydrogen-bond donors (Lipinski definition) is 2. The van der Waals surface area contributed by atoms with Crippen LogP contribution in [0.3, 0.4) is 0 Å². The average Bonchev–Trinajstić information content (AvgIpc) is 2.98. The SMILES string of the molecule is COC(=O)c1ccc(CCCC(=O)[C@H](CC(C)C)NC(=O)Cc2ccc(NC(=O)C3CCC3c3ccccc3C)cc2)cc1. The third-order valence-electron chi connectivity index (χ3n) is 8.48. The van der Waals surface area contributed by atoms with Crippen LogP contribution in [0.25, 0.3) is 0 Å². The fourth-order valence-electron chi connectivity index (χ4n) is 5.87. The topological polar surface area (TPSA) is 102 Å². The van der Waals surface area contributed by atoms with E-state index >= 15 is 0 Å². The molecule has 1 aliphatic rings. The molecule has 44 heavy (non-hydrogen) atoms. The molecule has 4 rings (SSSR count). The summed E-state index contributed by atoms with van der Waals surface area (Å²) in [6.07, 6.45) is 4.34. The molecule has 7 nitrogen and oxygen atoms in total. The van der Waals surface area contributed by atoms with Gasteiger partial charge in [0.05, 0.1) is 25.1 Å². The number of carbonyl (C=O) groups is 4. The third kappa shape index (κ3) is 8.88. The van der Waals surface area contributed by atoms with Crippen molar-refractivity contribution in [3.05, 3.63) is 101 Å². The number of amides is 2. The lowest BCUT2D eigenvalue weighted by Gasteiger charge is -2.36. The molecule has 3 aromatic carbocycles. The summed E-state index contributed by atoms with van der Waals surface area (Å²) in [7, 11) is 1.35. The second-order valence-electron chi connectivity index (χ2n) is 12.3. The molecular formula is C37H44N2O5. The number of benzene rings is 3. The lowest BCUT2D eigenvalue weighted by Crippen LogP contribution is -2.42. The number of esters is 1. The monoisotopic (exact) mass is 596 g/mol. The Bertz CT molecular complexity index is 1450. The Morgan fingerprint density at radius 2 is 1.57 bits per heavy atom. The standard InChI is InChI=1S/C37H44N2O5/c1-24(2)22-33(34(40)11-7-9-26-12-16-28(17-13-26)37(43)44-4)39-35(41)23-27-14-18-29(19-15-27)38-36(42)32-21-20-31(32)30-10-6-5-8-25(30)3/h5-6,8,10,12-19,24,31-33H,7,9,11,20-23H2,1-4H3,(H,38,42)(H,39,41)/t31?,32?,33-/m0/s1. The minimum Gasteiger partial charge on any atom is -0.465 e. The number of hydrogen-bond acceptors (Lipinski definition) is 5. The van der Waals surface area contributed by atoms with Crippen LogP contribution in [0.1, 0.15) is 84.5 Å². The fraction of sp³-hybridized carbons (Fsp3) is 0.405. The number of methoxy groups -OCH3 is 1. The predicted octanol–water partition coefficient (Wildman–Crippen LogP) is 6.58. The van der Waals surface area contributed by atoms with Gasteiger partial charge in [-0.25, -0.2) is 4.79 Å². The van der Waals surface area contributed by atoms with Crippen LogP contribution in [0, 0.1) is 18.8 Å². The number of ketones is 1. The maximum Gasteiger partial charge on any atom is 0.337 e. The van der Waals surface area contributed by atoms with Crippen molar-refractivity contribution >= 4 is 29.3 Å². The molecule has 2 amide bonds. The molecule has 3 aromatic rings. The summed E-state index contributed by atoms with van der Waals surface area (Å²) in [5.74, 6) is -0.0596. The Kier molecular flexibility index (Phi) is 11.5. The lowest BCUT2D eigenvalue weighted by atomic mass is 9.68. The molecular weight excluding hydrogens is 552 g/mol. The molecule has 1 saturated carbocycles. The van der Waals surface area contributed by atoms with Gasteiger partial charge in [-0.3, -0.25) is 14.4 Å². The zero-order valence-corrected chi connectivity index (χ0v) is 26.2. The van der Waals surface area contributed by atoms with Crippen LogP contribution < -0.4 is 10.6 Å². The van der Waals surface area contributed by atoms with Crippen molar-refractivity contribution in [2.45, 2.75) is 77.7 Å². The number of anilines is 1. The van der Waals surface area contributed by atoms with E-state index in [2.05, 4.69) is 29.7 Å². The van der Waals surface area contributed by atoms with Crippen LogP contribution in [-0.4, -0.2) is 36.7 Å². The number of aryl methyl sites for hydroxylation is 2. The van der Waals surface area contributed by atoms with Crippen LogP contribution in [0.15, 0.2) is 72.8 Å². The molecule has 0 saturated heterocycles. The zero-order chi connectivity index (χ0) is 31.6. The Labute approximate surface area is 260 Å². The number of rotatable bonds is 14. The summed E-state index contributed by atoms with van der Waals surface area (Å²) < 4.78 is 4.73. The summed E-state index contributed by atoms with van der Waals surface area (Å²) >= 11 is 0. The highest BCUT2D eigenvalue weighted by molar-refractivity contribution is 5.94. The van der Waals surface area contributed by atoms with E-state index in [1.807, 2.05) is 62.4 Å². The van der Waals surface area contributed by atoms with Gasteiger partial charge in [0.2, 0.25) is 11.8 Å². The van der Waals surface area contributed by atoms with E-state index in [-0.39, 0.29) is 47.7 Å². The van der Waals surface area contributed by atoms with Gasteiger partial charge in [0.25, 0.3) is 0 Å². The highest BCUT2D eigenvalue weighted by Gasteiger charge is 2.38. The van der Waals surface area contributed by atoms with Crippen molar-refractivity contribution < 1.29 is 23.9 Å². The zero-order valence-electron chi connectivity index (χ0n) is 26.2. The smallest absolute Gasteiger partial charge is 0.337 e. The molecule has 1 fully saturated rings. The molecule has 232 valence electrons. The summed E-state index contributed by atoms with van der Waals surface area (Å²) in [6.45, 7) is 6.17. The lowest BCUT2D eigenvalue weighted by molar-refractivity contribution is -0.127. The normalized spacial score (nSPS) is 16.5. The van der Waals surface area contributed by atoms with E-state index in [9.17, 15) is 19.2 Å². The Balaban J connectivity index is 1.25. The first-order valence-electron chi connectivity index (χ1n) is 15.6. The Morgan fingerprint density at radius 1 is 0.886 bits per heavy atom. The first-order chi connectivity index (χ1) is 21.1. The highest BCUT2D eigenvalue weighted by Crippen LogP contribution is 2.44. The van der Waals surface area contributed by atoms with Gasteiger partial charge in [-0.2, -0.15) is 0 Å². The molecule has 1 aliphatic carbocycles. The molecule has 7 heteroatoms. The van der Waals surface area contributed by atoms with E-state index in [4.69, 9.17) is 4.74 Å². The van der Waals surface area contributed by atoms with E-state index in [1.165, 1.54) is 18.2 Å². The second kappa shape index (κ2) is 15.5. The molecule has 0 spiro atoms. The van der Waals surface area contributed by atoms with Gasteiger partial charge >= 0.3 is 5.97 Å². The van der Waals surface area contributed by atoms with E-state index in [1.54, 1.807) is 12.1 Å². The van der Waals surface area contributed by atoms with E-state index in [0.717, 1.165) is 24.0 Å². The van der Waals surface area contributed by atoms with Crippen molar-refractivity contribution in [3.63, 3.8) is 0 Å². The minimum absolute atomic E-state index is 0.0243. The molecule has 0 bridgehead atoms. The summed E-state index contributed by atoms with van der Waals surface area (Å²) in [5, 5.41) is 6.01.